The van der Waals surface area contributed by atoms with Crippen molar-refractivity contribution in [1.29, 1.82) is 0 Å². The lowest BCUT2D eigenvalue weighted by Crippen LogP contribution is -2.46. The van der Waals surface area contributed by atoms with Crippen molar-refractivity contribution >= 4 is 18.1 Å². The average molecular weight is 304 g/mol. The van der Waals surface area contributed by atoms with Crippen LogP contribution < -0.4 is 5.32 Å². The van der Waals surface area contributed by atoms with Crippen LogP contribution in [0.15, 0.2) is 18.2 Å². The van der Waals surface area contributed by atoms with Gasteiger partial charge in [-0.05, 0) is 30.5 Å². The highest BCUT2D eigenvalue weighted by Gasteiger charge is 2.36. The third-order valence-corrected chi connectivity index (χ3v) is 3.71. The maximum Gasteiger partial charge on any atom is 0.255 e. The van der Waals surface area contributed by atoms with Gasteiger partial charge >= 0.3 is 0 Å². The van der Waals surface area contributed by atoms with Gasteiger partial charge < -0.3 is 15.0 Å². The van der Waals surface area contributed by atoms with Crippen molar-refractivity contribution < 1.29 is 14.4 Å². The number of aryl methyl sites for hydroxylation is 1. The molecule has 1 aromatic rings. The van der Waals surface area contributed by atoms with Gasteiger partial charge in [0.2, 0.25) is 5.91 Å². The van der Waals surface area contributed by atoms with E-state index >= 15 is 0 Å². The molecule has 0 fully saturated rings. The first-order valence-electron chi connectivity index (χ1n) is 7.64. The topological polar surface area (TPSA) is 66.5 Å². The molecule has 1 aliphatic rings. The highest BCUT2D eigenvalue weighted by atomic mass is 16.2. The second-order valence-corrected chi connectivity index (χ2v) is 4.91. The molecule has 0 radical (unpaired) electrons. The van der Waals surface area contributed by atoms with E-state index < -0.39 is 6.04 Å². The predicted molar refractivity (Wildman–Crippen MR) is 85.6 cm³/mol. The molecule has 0 saturated carbocycles. The van der Waals surface area contributed by atoms with Crippen LogP contribution in [0, 0.1) is 6.92 Å². The van der Waals surface area contributed by atoms with Crippen LogP contribution in [-0.4, -0.2) is 36.1 Å². The number of benzene rings is 1. The van der Waals surface area contributed by atoms with Gasteiger partial charge in [-0.3, -0.25) is 9.59 Å². The second-order valence-electron chi connectivity index (χ2n) is 4.91. The van der Waals surface area contributed by atoms with Crippen LogP contribution in [-0.2, 0) is 16.1 Å². The van der Waals surface area contributed by atoms with Crippen LogP contribution in [0.3, 0.4) is 0 Å². The van der Waals surface area contributed by atoms with Gasteiger partial charge in [-0.25, -0.2) is 0 Å². The van der Waals surface area contributed by atoms with Gasteiger partial charge in [0.15, 0.2) is 0 Å². The molecule has 0 saturated heterocycles. The summed E-state index contributed by atoms with van der Waals surface area (Å²) in [6.07, 6.45) is 1.38. The largest absolute Gasteiger partial charge is 0.357 e. The van der Waals surface area contributed by atoms with Crippen molar-refractivity contribution in [2.75, 3.05) is 7.05 Å². The summed E-state index contributed by atoms with van der Waals surface area (Å²) in [5.41, 5.74) is 2.67. The van der Waals surface area contributed by atoms with Gasteiger partial charge in [0.05, 0.1) is 0 Å². The molecule has 120 valence electrons. The van der Waals surface area contributed by atoms with Gasteiger partial charge in [-0.2, -0.15) is 0 Å². The fourth-order valence-corrected chi connectivity index (χ4v) is 2.58. The quantitative estimate of drug-likeness (QED) is 0.847. The average Bonchev–Trinajstić information content (AvgIpc) is 2.88. The molecular formula is C17H24N2O3. The number of amides is 2. The van der Waals surface area contributed by atoms with E-state index in [0.29, 0.717) is 18.5 Å². The SMILES string of the molecule is CC.CNC(=O)C(CCC=O)N1Cc2c(C)cccc2C1=O. The molecule has 2 rings (SSSR count). The highest BCUT2D eigenvalue weighted by molar-refractivity contribution is 6.01. The van der Waals surface area contributed by atoms with Crippen molar-refractivity contribution in [3.63, 3.8) is 0 Å². The summed E-state index contributed by atoms with van der Waals surface area (Å²) in [4.78, 5) is 36.5. The fourth-order valence-electron chi connectivity index (χ4n) is 2.58. The van der Waals surface area contributed by atoms with E-state index in [1.165, 1.54) is 7.05 Å². The summed E-state index contributed by atoms with van der Waals surface area (Å²) < 4.78 is 0. The number of nitrogens with zero attached hydrogens (tertiary/aromatic N) is 1. The minimum absolute atomic E-state index is 0.136. The number of hydrogen-bond donors (Lipinski definition) is 1. The number of carbonyl (C=O) groups excluding carboxylic acids is 3. The Morgan fingerprint density at radius 3 is 2.64 bits per heavy atom. The van der Waals surface area contributed by atoms with Gasteiger partial charge in [-0.15, -0.1) is 0 Å². The molecule has 5 heteroatoms. The molecule has 1 aliphatic heterocycles. The summed E-state index contributed by atoms with van der Waals surface area (Å²) in [7, 11) is 1.54. The first-order valence-corrected chi connectivity index (χ1v) is 7.64. The molecule has 22 heavy (non-hydrogen) atoms. The number of rotatable bonds is 5. The van der Waals surface area contributed by atoms with Crippen LogP contribution >= 0.6 is 0 Å². The van der Waals surface area contributed by atoms with Crippen molar-refractivity contribution in [3.05, 3.63) is 34.9 Å². The van der Waals surface area contributed by atoms with Crippen LogP contribution in [0.5, 0.6) is 0 Å². The van der Waals surface area contributed by atoms with Crippen LogP contribution in [0.4, 0.5) is 0 Å². The minimum Gasteiger partial charge on any atom is -0.357 e. The summed E-state index contributed by atoms with van der Waals surface area (Å²) in [5, 5.41) is 2.56. The molecule has 0 aliphatic carbocycles. The zero-order valence-corrected chi connectivity index (χ0v) is 13.7. The van der Waals surface area contributed by atoms with Gasteiger partial charge in [0.1, 0.15) is 12.3 Å². The number of aldehydes is 1. The van der Waals surface area contributed by atoms with E-state index in [9.17, 15) is 14.4 Å². The number of nitrogens with one attached hydrogen (secondary N) is 1. The number of carbonyl (C=O) groups is 3. The molecule has 1 atom stereocenters. The third kappa shape index (κ3) is 3.53. The van der Waals surface area contributed by atoms with Crippen LogP contribution in [0.25, 0.3) is 0 Å². The molecule has 1 heterocycles. The van der Waals surface area contributed by atoms with E-state index in [1.54, 1.807) is 11.0 Å². The summed E-state index contributed by atoms with van der Waals surface area (Å²) >= 11 is 0. The normalized spacial score (nSPS) is 13.8. The van der Waals surface area contributed by atoms with Gasteiger partial charge in [-0.1, -0.05) is 26.0 Å². The van der Waals surface area contributed by atoms with E-state index in [0.717, 1.165) is 17.4 Å². The Hall–Kier alpha value is -2.17. The molecule has 5 nitrogen and oxygen atoms in total. The standard InChI is InChI=1S/C15H18N2O3.C2H6/c1-10-5-3-6-11-12(10)9-17(15(11)20)13(7-4-8-18)14(19)16-2;1-2/h3,5-6,8,13H,4,7,9H2,1-2H3,(H,16,19);1-2H3. The molecule has 1 aromatic carbocycles. The lowest BCUT2D eigenvalue weighted by atomic mass is 10.1. The maximum atomic E-state index is 12.4. The number of fused-ring (bicyclic) bond motifs is 1. The smallest absolute Gasteiger partial charge is 0.255 e. The number of likely N-dealkylation sites (N-methyl/N-ethyl adjacent to an activating group) is 1. The molecule has 1 unspecified atom stereocenters. The second kappa shape index (κ2) is 8.32. The first-order chi connectivity index (χ1) is 10.6. The van der Waals surface area contributed by atoms with Crippen molar-refractivity contribution in [2.45, 2.75) is 46.2 Å². The molecule has 1 N–H and O–H groups in total. The molecule has 0 bridgehead atoms. The van der Waals surface area contributed by atoms with E-state index in [4.69, 9.17) is 0 Å². The summed E-state index contributed by atoms with van der Waals surface area (Å²) in [5.74, 6) is -0.367. The highest BCUT2D eigenvalue weighted by Crippen LogP contribution is 2.28. The summed E-state index contributed by atoms with van der Waals surface area (Å²) in [6.45, 7) is 6.38. The molecule has 2 amide bonds. The maximum absolute atomic E-state index is 12.4. The lowest BCUT2D eigenvalue weighted by Gasteiger charge is -2.25. The Labute approximate surface area is 131 Å². The third-order valence-electron chi connectivity index (χ3n) is 3.71. The molecule has 0 aromatic heterocycles. The van der Waals surface area contributed by atoms with Crippen molar-refractivity contribution in [3.8, 4) is 0 Å². The Balaban J connectivity index is 0.00000116. The minimum atomic E-state index is -0.593. The number of hydrogen-bond acceptors (Lipinski definition) is 3. The zero-order chi connectivity index (χ0) is 16.7. The Bertz CT molecular complexity index is 555. The fraction of sp³-hybridized carbons (Fsp3) is 0.471. The lowest BCUT2D eigenvalue weighted by molar-refractivity contribution is -0.125. The predicted octanol–water partition coefficient (Wildman–Crippen LogP) is 2.07. The van der Waals surface area contributed by atoms with E-state index in [2.05, 4.69) is 5.32 Å². The first kappa shape index (κ1) is 17.9. The Morgan fingerprint density at radius 2 is 2.09 bits per heavy atom. The summed E-state index contributed by atoms with van der Waals surface area (Å²) in [6, 6.07) is 4.99. The monoisotopic (exact) mass is 304 g/mol. The molecule has 0 spiro atoms. The van der Waals surface area contributed by atoms with Crippen molar-refractivity contribution in [2.24, 2.45) is 0 Å². The van der Waals surface area contributed by atoms with Crippen molar-refractivity contribution in [1.82, 2.24) is 10.2 Å². The Kier molecular flexibility index (Phi) is 6.76. The van der Waals surface area contributed by atoms with E-state index in [-0.39, 0.29) is 18.2 Å². The van der Waals surface area contributed by atoms with E-state index in [1.807, 2.05) is 32.9 Å². The Morgan fingerprint density at radius 1 is 1.41 bits per heavy atom. The van der Waals surface area contributed by atoms with Crippen LogP contribution in [0.1, 0.15) is 48.2 Å². The van der Waals surface area contributed by atoms with Gasteiger partial charge in [0, 0.05) is 25.6 Å². The zero-order valence-electron chi connectivity index (χ0n) is 13.7. The van der Waals surface area contributed by atoms with Gasteiger partial charge in [0.25, 0.3) is 5.91 Å². The van der Waals surface area contributed by atoms with Crippen LogP contribution in [0.2, 0.25) is 0 Å². The molecular weight excluding hydrogens is 280 g/mol.